The predicted molar refractivity (Wildman–Crippen MR) is 170 cm³/mol. The van der Waals surface area contributed by atoms with Crippen molar-refractivity contribution in [3.8, 4) is 11.1 Å². The highest BCUT2D eigenvalue weighted by atomic mass is 32.2. The van der Waals surface area contributed by atoms with Crippen molar-refractivity contribution in [1.82, 2.24) is 5.32 Å². The number of aromatic nitrogens is 1. The monoisotopic (exact) mass is 628 g/mol. The molecule has 4 unspecified atom stereocenters. The highest BCUT2D eigenvalue weighted by Crippen LogP contribution is 2.39. The second-order valence-electron chi connectivity index (χ2n) is 10.8. The highest BCUT2D eigenvalue weighted by molar-refractivity contribution is 7.99. The summed E-state index contributed by atoms with van der Waals surface area (Å²) in [5, 5.41) is 25.1. The molecule has 0 radical (unpaired) electrons. The number of carbonyl (C=O) groups excluding carboxylic acids is 2. The maximum absolute atomic E-state index is 12.2. The van der Waals surface area contributed by atoms with E-state index in [9.17, 15) is 19.9 Å². The highest BCUT2D eigenvalue weighted by Gasteiger charge is 2.32. The minimum Gasteiger partial charge on any atom is -0.618 e. The molecule has 10 heteroatoms. The lowest BCUT2D eigenvalue weighted by Crippen LogP contribution is -2.35. The summed E-state index contributed by atoms with van der Waals surface area (Å²) < 4.78 is 18.7. The lowest BCUT2D eigenvalue weighted by molar-refractivity contribution is -0.645. The molecule has 1 aliphatic rings. The van der Waals surface area contributed by atoms with Crippen LogP contribution in [0.5, 0.6) is 0 Å². The second-order valence-corrected chi connectivity index (χ2v) is 11.9. The SMILES string of the molecule is CC(=O)OC(C)C(=O)NCc1cccc(-c2ccc(C3OC(CSc4cccc[n+]4[O-])CC(c4ccc(CO)cc4)O3)cc2)c1. The molecule has 45 heavy (non-hydrogen) atoms. The Morgan fingerprint density at radius 1 is 0.978 bits per heavy atom. The Morgan fingerprint density at radius 3 is 2.44 bits per heavy atom. The van der Waals surface area contributed by atoms with Crippen LogP contribution >= 0.6 is 11.8 Å². The Bertz CT molecular complexity index is 1600. The summed E-state index contributed by atoms with van der Waals surface area (Å²) in [6.45, 7) is 3.08. The van der Waals surface area contributed by atoms with E-state index in [0.717, 1.165) is 38.1 Å². The Hall–Kier alpha value is -4.22. The number of hydrogen-bond acceptors (Lipinski definition) is 8. The summed E-state index contributed by atoms with van der Waals surface area (Å²) in [5.74, 6) is -0.279. The Labute approximate surface area is 266 Å². The summed E-state index contributed by atoms with van der Waals surface area (Å²) in [7, 11) is 0. The summed E-state index contributed by atoms with van der Waals surface area (Å²) in [5.41, 5.74) is 5.58. The molecule has 4 atom stereocenters. The number of aliphatic hydroxyl groups excluding tert-OH is 1. The van der Waals surface area contributed by atoms with Gasteiger partial charge in [-0.25, -0.2) is 0 Å². The molecule has 0 spiro atoms. The van der Waals surface area contributed by atoms with Gasteiger partial charge in [-0.05, 0) is 46.9 Å². The third-order valence-corrected chi connectivity index (χ3v) is 8.59. The fourth-order valence-electron chi connectivity index (χ4n) is 5.05. The van der Waals surface area contributed by atoms with Gasteiger partial charge in [0.1, 0.15) is 0 Å². The van der Waals surface area contributed by atoms with Crippen LogP contribution in [-0.4, -0.2) is 34.9 Å². The molecule has 1 fully saturated rings. The van der Waals surface area contributed by atoms with Gasteiger partial charge in [0.25, 0.3) is 10.9 Å². The summed E-state index contributed by atoms with van der Waals surface area (Å²) in [4.78, 5) is 23.4. The van der Waals surface area contributed by atoms with Crippen molar-refractivity contribution in [3.63, 3.8) is 0 Å². The second kappa shape index (κ2) is 15.2. The number of rotatable bonds is 11. The third kappa shape index (κ3) is 8.70. The van der Waals surface area contributed by atoms with E-state index in [0.29, 0.717) is 23.7 Å². The number of thioether (sulfide) groups is 1. The first-order chi connectivity index (χ1) is 21.8. The first-order valence-corrected chi connectivity index (χ1v) is 15.7. The van der Waals surface area contributed by atoms with Crippen LogP contribution < -0.4 is 10.0 Å². The smallest absolute Gasteiger partial charge is 0.303 e. The lowest BCUT2D eigenvalue weighted by atomic mass is 9.99. The van der Waals surface area contributed by atoms with E-state index in [4.69, 9.17) is 14.2 Å². The molecule has 3 aromatic carbocycles. The molecule has 1 saturated heterocycles. The van der Waals surface area contributed by atoms with Gasteiger partial charge in [-0.3, -0.25) is 9.59 Å². The van der Waals surface area contributed by atoms with E-state index in [-0.39, 0.29) is 24.7 Å². The number of pyridine rings is 1. The van der Waals surface area contributed by atoms with Crippen molar-refractivity contribution in [2.24, 2.45) is 0 Å². The number of ether oxygens (including phenoxy) is 3. The lowest BCUT2D eigenvalue weighted by Gasteiger charge is -2.36. The van der Waals surface area contributed by atoms with Crippen molar-refractivity contribution >= 4 is 23.6 Å². The minimum absolute atomic E-state index is 0.0255. The van der Waals surface area contributed by atoms with Gasteiger partial charge in [-0.2, -0.15) is 4.73 Å². The zero-order valence-corrected chi connectivity index (χ0v) is 25.9. The zero-order chi connectivity index (χ0) is 31.8. The summed E-state index contributed by atoms with van der Waals surface area (Å²) in [6.07, 6.45) is 0.229. The molecular weight excluding hydrogens is 592 g/mol. The van der Waals surface area contributed by atoms with Gasteiger partial charge in [0.15, 0.2) is 18.6 Å². The molecule has 2 N–H and O–H groups in total. The Balaban J connectivity index is 1.29. The van der Waals surface area contributed by atoms with Crippen LogP contribution in [0.1, 0.15) is 54.9 Å². The van der Waals surface area contributed by atoms with E-state index >= 15 is 0 Å². The van der Waals surface area contributed by atoms with Gasteiger partial charge in [-0.15, -0.1) is 0 Å². The number of nitrogens with zero attached hydrogens (tertiary/aromatic N) is 1. The molecule has 4 aromatic rings. The summed E-state index contributed by atoms with van der Waals surface area (Å²) >= 11 is 1.45. The van der Waals surface area contributed by atoms with Gasteiger partial charge in [-0.1, -0.05) is 78.5 Å². The fourth-order valence-corrected chi connectivity index (χ4v) is 5.99. The molecular formula is C35H36N2O7S. The normalized spacial score (nSPS) is 18.6. The molecule has 9 nitrogen and oxygen atoms in total. The van der Waals surface area contributed by atoms with Crippen molar-refractivity contribution in [2.45, 2.75) is 63.0 Å². The molecule has 1 aromatic heterocycles. The van der Waals surface area contributed by atoms with Crippen LogP contribution in [-0.2, 0) is 37.0 Å². The number of nitrogens with one attached hydrogen (secondary N) is 1. The van der Waals surface area contributed by atoms with E-state index in [1.165, 1.54) is 31.8 Å². The maximum Gasteiger partial charge on any atom is 0.303 e. The molecule has 1 amide bonds. The van der Waals surface area contributed by atoms with Gasteiger partial charge >= 0.3 is 5.97 Å². The fraction of sp³-hybridized carbons (Fsp3) is 0.286. The molecule has 234 valence electrons. The zero-order valence-electron chi connectivity index (χ0n) is 25.1. The minimum atomic E-state index is -0.860. The van der Waals surface area contributed by atoms with Crippen LogP contribution in [0.15, 0.2) is 102 Å². The van der Waals surface area contributed by atoms with E-state index in [2.05, 4.69) is 5.32 Å². The van der Waals surface area contributed by atoms with Gasteiger partial charge in [0.2, 0.25) is 0 Å². The Morgan fingerprint density at radius 2 is 1.73 bits per heavy atom. The molecule has 5 rings (SSSR count). The molecule has 0 bridgehead atoms. The largest absolute Gasteiger partial charge is 0.618 e. The van der Waals surface area contributed by atoms with Gasteiger partial charge < -0.3 is 29.8 Å². The van der Waals surface area contributed by atoms with Crippen LogP contribution in [0.2, 0.25) is 0 Å². The van der Waals surface area contributed by atoms with Crippen molar-refractivity contribution < 1.29 is 33.6 Å². The average Bonchev–Trinajstić information content (AvgIpc) is 3.06. The average molecular weight is 629 g/mol. The first-order valence-electron chi connectivity index (χ1n) is 14.7. The first kappa shape index (κ1) is 32.2. The number of aliphatic hydroxyl groups is 1. The van der Waals surface area contributed by atoms with Crippen molar-refractivity contribution in [2.75, 3.05) is 5.75 Å². The van der Waals surface area contributed by atoms with Gasteiger partial charge in [0, 0.05) is 43.3 Å². The number of esters is 1. The van der Waals surface area contributed by atoms with Crippen LogP contribution in [0.3, 0.4) is 0 Å². The summed E-state index contributed by atoms with van der Waals surface area (Å²) in [6, 6.07) is 28.9. The quantitative estimate of drug-likeness (QED) is 0.0983. The van der Waals surface area contributed by atoms with E-state index in [1.54, 1.807) is 12.1 Å². The van der Waals surface area contributed by atoms with Gasteiger partial charge in [0.05, 0.1) is 18.8 Å². The number of hydrogen-bond donors (Lipinski definition) is 2. The topological polar surface area (TPSA) is 121 Å². The predicted octanol–water partition coefficient (Wildman–Crippen LogP) is 5.38. The third-order valence-electron chi connectivity index (χ3n) is 7.44. The Kier molecular flexibility index (Phi) is 10.9. The molecule has 1 aliphatic heterocycles. The van der Waals surface area contributed by atoms with Crippen LogP contribution in [0.25, 0.3) is 11.1 Å². The number of carbonyl (C=O) groups is 2. The van der Waals surface area contributed by atoms with Crippen LogP contribution in [0, 0.1) is 5.21 Å². The van der Waals surface area contributed by atoms with Crippen molar-refractivity contribution in [1.29, 1.82) is 0 Å². The number of benzene rings is 3. The van der Waals surface area contributed by atoms with Crippen molar-refractivity contribution in [3.05, 3.63) is 125 Å². The standard InChI is InChI=1S/C35H36N2O7S/c1-23(42-24(2)39)34(40)36-20-26-6-5-7-30(18-26)27-13-15-29(16-14-27)35-43-31(22-45-33-8-3-4-17-37(33)41)19-32(44-35)28-11-9-25(21-38)10-12-28/h3-18,23,31-32,35,38H,19-22H2,1-2H3,(H,36,40). The molecule has 0 saturated carbocycles. The maximum atomic E-state index is 12.2. The molecule has 0 aliphatic carbocycles. The van der Waals surface area contributed by atoms with Crippen LogP contribution in [0.4, 0.5) is 0 Å². The van der Waals surface area contributed by atoms with E-state index in [1.807, 2.05) is 78.9 Å². The van der Waals surface area contributed by atoms with E-state index < -0.39 is 18.4 Å². The molecule has 2 heterocycles. The number of amides is 1.